The molecule has 2 aromatic heterocycles. The van der Waals surface area contributed by atoms with Crippen molar-refractivity contribution in [1.82, 2.24) is 9.88 Å². The Balaban J connectivity index is 1.53. The SMILES string of the molecule is O=C(c1ccc(Br)o1)N1CC(Oc2ccc(C(F)(F)F)cn2)C1. The van der Waals surface area contributed by atoms with Crippen LogP contribution in [0.5, 0.6) is 5.88 Å². The number of ether oxygens (including phenoxy) is 1. The van der Waals surface area contributed by atoms with Gasteiger partial charge in [-0.05, 0) is 34.1 Å². The number of likely N-dealkylation sites (tertiary alicyclic amines) is 1. The molecule has 0 aromatic carbocycles. The summed E-state index contributed by atoms with van der Waals surface area (Å²) in [5.41, 5.74) is -0.835. The van der Waals surface area contributed by atoms with E-state index in [1.165, 1.54) is 4.90 Å². The van der Waals surface area contributed by atoms with Crippen LogP contribution in [0.3, 0.4) is 0 Å². The Kier molecular flexibility index (Phi) is 4.05. The summed E-state index contributed by atoms with van der Waals surface area (Å²) in [5, 5.41) is 0. The smallest absolute Gasteiger partial charge is 0.417 e. The average molecular weight is 391 g/mol. The van der Waals surface area contributed by atoms with Crippen molar-refractivity contribution in [3.8, 4) is 5.88 Å². The third kappa shape index (κ3) is 3.49. The van der Waals surface area contributed by atoms with Gasteiger partial charge >= 0.3 is 6.18 Å². The molecule has 2 aromatic rings. The predicted molar refractivity (Wildman–Crippen MR) is 76.0 cm³/mol. The first-order valence-electron chi connectivity index (χ1n) is 6.57. The number of aromatic nitrogens is 1. The third-order valence-corrected chi connectivity index (χ3v) is 3.70. The number of hydrogen-bond acceptors (Lipinski definition) is 4. The van der Waals surface area contributed by atoms with Crippen molar-refractivity contribution in [2.24, 2.45) is 0 Å². The Morgan fingerprint density at radius 3 is 2.57 bits per heavy atom. The van der Waals surface area contributed by atoms with Gasteiger partial charge in [0.15, 0.2) is 10.4 Å². The molecule has 0 bridgehead atoms. The maximum Gasteiger partial charge on any atom is 0.417 e. The van der Waals surface area contributed by atoms with Gasteiger partial charge in [0.25, 0.3) is 5.91 Å². The lowest BCUT2D eigenvalue weighted by Crippen LogP contribution is -2.56. The number of amides is 1. The molecule has 1 amide bonds. The molecule has 3 rings (SSSR count). The van der Waals surface area contributed by atoms with Crippen LogP contribution in [0.25, 0.3) is 0 Å². The van der Waals surface area contributed by atoms with Crippen molar-refractivity contribution in [1.29, 1.82) is 0 Å². The molecular weight excluding hydrogens is 381 g/mol. The molecule has 0 radical (unpaired) electrons. The summed E-state index contributed by atoms with van der Waals surface area (Å²) < 4.78 is 48.3. The van der Waals surface area contributed by atoms with Gasteiger partial charge in [-0.3, -0.25) is 4.79 Å². The highest BCUT2D eigenvalue weighted by molar-refractivity contribution is 9.10. The number of halogens is 4. The van der Waals surface area contributed by atoms with Crippen LogP contribution in [0.15, 0.2) is 39.5 Å². The van der Waals surface area contributed by atoms with Crippen LogP contribution >= 0.6 is 15.9 Å². The van der Waals surface area contributed by atoms with Gasteiger partial charge < -0.3 is 14.1 Å². The first kappa shape index (κ1) is 15.9. The molecule has 3 heterocycles. The van der Waals surface area contributed by atoms with Crippen LogP contribution in [0.4, 0.5) is 13.2 Å². The fourth-order valence-corrected chi connectivity index (χ4v) is 2.36. The van der Waals surface area contributed by atoms with Crippen molar-refractivity contribution < 1.29 is 27.1 Å². The van der Waals surface area contributed by atoms with Crippen LogP contribution < -0.4 is 4.74 Å². The molecule has 23 heavy (non-hydrogen) atoms. The van der Waals surface area contributed by atoms with Gasteiger partial charge in [0, 0.05) is 12.3 Å². The number of carbonyl (C=O) groups is 1. The molecule has 5 nitrogen and oxygen atoms in total. The van der Waals surface area contributed by atoms with Crippen molar-refractivity contribution in [3.63, 3.8) is 0 Å². The number of furan rings is 1. The second-order valence-electron chi connectivity index (χ2n) is 4.94. The van der Waals surface area contributed by atoms with Crippen LogP contribution in [-0.2, 0) is 6.18 Å². The maximum absolute atomic E-state index is 12.4. The predicted octanol–water partition coefficient (Wildman–Crippen LogP) is 3.36. The monoisotopic (exact) mass is 390 g/mol. The standard InChI is InChI=1S/C14H10BrF3N2O3/c15-11-3-2-10(23-11)13(21)20-6-9(7-20)22-12-4-1-8(5-19-12)14(16,17)18/h1-5,9H,6-7H2. The Labute approximate surface area is 137 Å². The highest BCUT2D eigenvalue weighted by Gasteiger charge is 2.35. The molecule has 1 saturated heterocycles. The van der Waals surface area contributed by atoms with E-state index in [0.29, 0.717) is 17.8 Å². The fourth-order valence-electron chi connectivity index (χ4n) is 2.05. The van der Waals surface area contributed by atoms with Gasteiger partial charge in [-0.15, -0.1) is 0 Å². The molecule has 0 unspecified atom stereocenters. The van der Waals surface area contributed by atoms with Crippen LogP contribution in [0, 0.1) is 0 Å². The van der Waals surface area contributed by atoms with Gasteiger partial charge in [-0.1, -0.05) is 0 Å². The normalized spacial score (nSPS) is 15.4. The molecule has 0 atom stereocenters. The molecule has 9 heteroatoms. The summed E-state index contributed by atoms with van der Waals surface area (Å²) in [4.78, 5) is 17.2. The van der Waals surface area contributed by atoms with Gasteiger partial charge in [0.05, 0.1) is 18.7 Å². The summed E-state index contributed by atoms with van der Waals surface area (Å²) >= 11 is 3.11. The summed E-state index contributed by atoms with van der Waals surface area (Å²) in [6.07, 6.45) is -4.01. The lowest BCUT2D eigenvalue weighted by molar-refractivity contribution is -0.137. The largest absolute Gasteiger partial charge is 0.471 e. The molecule has 0 aliphatic carbocycles. The first-order valence-corrected chi connectivity index (χ1v) is 7.37. The van der Waals surface area contributed by atoms with Crippen LogP contribution in [0.1, 0.15) is 16.1 Å². The Morgan fingerprint density at radius 1 is 1.30 bits per heavy atom. The summed E-state index contributed by atoms with van der Waals surface area (Å²) in [6, 6.07) is 5.24. The number of rotatable bonds is 3. The van der Waals surface area contributed by atoms with E-state index in [1.807, 2.05) is 0 Å². The number of carbonyl (C=O) groups excluding carboxylic acids is 1. The lowest BCUT2D eigenvalue weighted by Gasteiger charge is -2.38. The highest BCUT2D eigenvalue weighted by Crippen LogP contribution is 2.29. The van der Waals surface area contributed by atoms with E-state index in [-0.39, 0.29) is 23.7 Å². The number of nitrogens with zero attached hydrogens (tertiary/aromatic N) is 2. The van der Waals surface area contributed by atoms with E-state index in [4.69, 9.17) is 9.15 Å². The second kappa shape index (κ2) is 5.88. The van der Waals surface area contributed by atoms with E-state index in [0.717, 1.165) is 18.3 Å². The van der Waals surface area contributed by atoms with E-state index in [9.17, 15) is 18.0 Å². The quantitative estimate of drug-likeness (QED) is 0.806. The second-order valence-corrected chi connectivity index (χ2v) is 5.72. The summed E-state index contributed by atoms with van der Waals surface area (Å²) in [5.74, 6) is 0.0368. The maximum atomic E-state index is 12.4. The van der Waals surface area contributed by atoms with Crippen LogP contribution in [-0.4, -0.2) is 35.0 Å². The van der Waals surface area contributed by atoms with Crippen molar-refractivity contribution in [3.05, 3.63) is 46.5 Å². The molecule has 1 fully saturated rings. The Hall–Kier alpha value is -2.03. The first-order chi connectivity index (χ1) is 10.8. The average Bonchev–Trinajstić information content (AvgIpc) is 2.88. The number of pyridine rings is 1. The number of alkyl halides is 3. The van der Waals surface area contributed by atoms with E-state index in [2.05, 4.69) is 20.9 Å². The highest BCUT2D eigenvalue weighted by atomic mass is 79.9. The Bertz CT molecular complexity index is 709. The van der Waals surface area contributed by atoms with Crippen molar-refractivity contribution in [2.45, 2.75) is 12.3 Å². The molecular formula is C14H10BrF3N2O3. The summed E-state index contributed by atoms with van der Waals surface area (Å²) in [6.45, 7) is 0.639. The summed E-state index contributed by atoms with van der Waals surface area (Å²) in [7, 11) is 0. The van der Waals surface area contributed by atoms with Gasteiger partial charge in [0.1, 0.15) is 6.10 Å². The van der Waals surface area contributed by atoms with Crippen LogP contribution in [0.2, 0.25) is 0 Å². The van der Waals surface area contributed by atoms with Gasteiger partial charge in [-0.2, -0.15) is 13.2 Å². The molecule has 0 saturated carbocycles. The zero-order valence-electron chi connectivity index (χ0n) is 11.5. The topological polar surface area (TPSA) is 55.6 Å². The van der Waals surface area contributed by atoms with Crippen molar-refractivity contribution in [2.75, 3.05) is 13.1 Å². The van der Waals surface area contributed by atoms with Gasteiger partial charge in [0.2, 0.25) is 5.88 Å². The molecule has 0 spiro atoms. The minimum atomic E-state index is -4.43. The minimum absolute atomic E-state index is 0.0934. The molecule has 1 aliphatic rings. The van der Waals surface area contributed by atoms with Crippen molar-refractivity contribution >= 4 is 21.8 Å². The van der Waals surface area contributed by atoms with E-state index < -0.39 is 11.7 Å². The lowest BCUT2D eigenvalue weighted by atomic mass is 10.1. The molecule has 1 aliphatic heterocycles. The number of hydrogen-bond donors (Lipinski definition) is 0. The minimum Gasteiger partial charge on any atom is -0.471 e. The molecule has 122 valence electrons. The Morgan fingerprint density at radius 2 is 2.04 bits per heavy atom. The third-order valence-electron chi connectivity index (χ3n) is 3.27. The molecule has 0 N–H and O–H groups in total. The zero-order valence-corrected chi connectivity index (χ0v) is 13.1. The zero-order chi connectivity index (χ0) is 16.6. The van der Waals surface area contributed by atoms with E-state index in [1.54, 1.807) is 12.1 Å². The van der Waals surface area contributed by atoms with E-state index >= 15 is 0 Å². The fraction of sp³-hybridized carbons (Fsp3) is 0.286. The van der Waals surface area contributed by atoms with Gasteiger partial charge in [-0.25, -0.2) is 4.98 Å².